The highest BCUT2D eigenvalue weighted by molar-refractivity contribution is 5.53. The van der Waals surface area contributed by atoms with Crippen LogP contribution in [0, 0.1) is 0 Å². The minimum Gasteiger partial charge on any atom is -0.0561 e. The first-order valence-corrected chi connectivity index (χ1v) is 16.6. The summed E-state index contributed by atoms with van der Waals surface area (Å²) in [5.41, 5.74) is 12.9. The molecule has 0 radical (unpaired) electrons. The maximum absolute atomic E-state index is 2.51. The fourth-order valence-electron chi connectivity index (χ4n) is 5.63. The molecule has 236 valence electrons. The van der Waals surface area contributed by atoms with Crippen LogP contribution in [0.1, 0.15) is 181 Å². The Morgan fingerprint density at radius 2 is 0.395 bits per heavy atom. The summed E-state index contributed by atoms with van der Waals surface area (Å²) in [4.78, 5) is 0. The highest BCUT2D eigenvalue weighted by Crippen LogP contribution is 2.43. The molecule has 0 aliphatic heterocycles. The molecule has 0 aliphatic carbocycles. The zero-order valence-electron chi connectivity index (χ0n) is 31.3. The first kappa shape index (κ1) is 35.1. The molecule has 43 heavy (non-hydrogen) atoms. The quantitative estimate of drug-likeness (QED) is 0.270. The lowest BCUT2D eigenvalue weighted by atomic mass is 9.72. The van der Waals surface area contributed by atoms with Gasteiger partial charge in [0, 0.05) is 5.92 Å². The van der Waals surface area contributed by atoms with Gasteiger partial charge in [0.25, 0.3) is 0 Å². The molecule has 0 amide bonds. The summed E-state index contributed by atoms with van der Waals surface area (Å²) in [6, 6.07) is 22.5. The molecule has 0 heterocycles. The highest BCUT2D eigenvalue weighted by Gasteiger charge is 2.30. The van der Waals surface area contributed by atoms with Gasteiger partial charge in [0.05, 0.1) is 0 Å². The fraction of sp³-hybridized carbons (Fsp3) is 0.581. The van der Waals surface area contributed by atoms with E-state index < -0.39 is 0 Å². The molecule has 0 bridgehead atoms. The van der Waals surface area contributed by atoms with Crippen LogP contribution in [0.25, 0.3) is 0 Å². The first-order valence-electron chi connectivity index (χ1n) is 16.6. The molecule has 0 fully saturated rings. The van der Waals surface area contributed by atoms with Crippen LogP contribution in [-0.4, -0.2) is 0 Å². The molecule has 0 aliphatic rings. The molecular formula is C43H64. The Labute approximate surface area is 267 Å². The predicted molar refractivity (Wildman–Crippen MR) is 192 cm³/mol. The summed E-state index contributed by atoms with van der Waals surface area (Å²) in [6.45, 7) is 42.3. The molecule has 0 atom stereocenters. The minimum absolute atomic E-state index is 0.0498. The van der Waals surface area contributed by atoms with Gasteiger partial charge in [-0.2, -0.15) is 0 Å². The molecule has 0 spiro atoms. The van der Waals surface area contributed by atoms with Gasteiger partial charge in [-0.3, -0.25) is 0 Å². The van der Waals surface area contributed by atoms with E-state index >= 15 is 0 Å². The first-order chi connectivity index (χ1) is 19.1. The van der Waals surface area contributed by atoms with Crippen molar-refractivity contribution in [1.82, 2.24) is 0 Å². The van der Waals surface area contributed by atoms with Crippen LogP contribution in [0.15, 0.2) is 54.6 Å². The monoisotopic (exact) mass is 581 g/mol. The predicted octanol–water partition coefficient (Wildman–Crippen LogP) is 12.7. The summed E-state index contributed by atoms with van der Waals surface area (Å²) in [7, 11) is 0. The lowest BCUT2D eigenvalue weighted by Crippen LogP contribution is -2.21. The average molecular weight is 581 g/mol. The van der Waals surface area contributed by atoms with E-state index in [2.05, 4.69) is 179 Å². The van der Waals surface area contributed by atoms with Crippen molar-refractivity contribution in [1.29, 1.82) is 0 Å². The second-order valence-corrected chi connectivity index (χ2v) is 19.5. The number of rotatable bonds is 3. The highest BCUT2D eigenvalue weighted by atomic mass is 14.3. The van der Waals surface area contributed by atoms with Gasteiger partial charge in [0.1, 0.15) is 0 Å². The Hall–Kier alpha value is -2.34. The van der Waals surface area contributed by atoms with Crippen LogP contribution < -0.4 is 0 Å². The van der Waals surface area contributed by atoms with E-state index in [0.29, 0.717) is 0 Å². The van der Waals surface area contributed by atoms with Crippen molar-refractivity contribution in [3.63, 3.8) is 0 Å². The van der Waals surface area contributed by atoms with E-state index in [-0.39, 0.29) is 38.4 Å². The Balaban J connectivity index is 2.60. The van der Waals surface area contributed by atoms with Gasteiger partial charge < -0.3 is 0 Å². The van der Waals surface area contributed by atoms with E-state index in [9.17, 15) is 0 Å². The normalized spacial score (nSPS) is 14.0. The summed E-state index contributed by atoms with van der Waals surface area (Å²) in [6.07, 6.45) is 0. The van der Waals surface area contributed by atoms with E-state index in [4.69, 9.17) is 0 Å². The summed E-state index contributed by atoms with van der Waals surface area (Å²) >= 11 is 0. The van der Waals surface area contributed by atoms with Crippen molar-refractivity contribution >= 4 is 0 Å². The SMILES string of the molecule is CC(C)(C)c1cc(C(c2cc(C(C)(C)C)cc(C(C)(C)C)c2)c2cc(C(C)(C)C)cc(C(C)(C)C)c2)cc(C(C)(C)C)c1. The maximum Gasteiger partial charge on any atom is 0.0340 e. The Kier molecular flexibility index (Phi) is 9.18. The molecule has 3 aromatic carbocycles. The van der Waals surface area contributed by atoms with Crippen molar-refractivity contribution in [2.75, 3.05) is 0 Å². The molecule has 3 rings (SSSR count). The second kappa shape index (κ2) is 11.2. The minimum atomic E-state index is 0.0498. The standard InChI is InChI=1S/C43H64/c1-38(2,3)31-19-28(20-32(25-31)39(4,5)6)37(29-21-33(40(7,8)9)26-34(22-29)41(10,11)12)30-23-35(42(13,14)15)27-36(24-30)43(16,17)18/h19-27,37H,1-18H3. The van der Waals surface area contributed by atoms with Gasteiger partial charge in [0.15, 0.2) is 0 Å². The Bertz CT molecular complexity index is 1160. The van der Waals surface area contributed by atoms with E-state index in [1.54, 1.807) is 0 Å². The molecule has 0 N–H and O–H groups in total. The van der Waals surface area contributed by atoms with Gasteiger partial charge >= 0.3 is 0 Å². The van der Waals surface area contributed by atoms with Gasteiger partial charge in [-0.05, 0) is 82.6 Å². The molecule has 0 saturated heterocycles. The third-order valence-electron chi connectivity index (χ3n) is 9.06. The van der Waals surface area contributed by atoms with Crippen LogP contribution in [0.3, 0.4) is 0 Å². The van der Waals surface area contributed by atoms with Gasteiger partial charge in [-0.1, -0.05) is 179 Å². The molecule has 3 aromatic rings. The van der Waals surface area contributed by atoms with Gasteiger partial charge in [-0.25, -0.2) is 0 Å². The molecule has 0 aromatic heterocycles. The topological polar surface area (TPSA) is 0 Å². The van der Waals surface area contributed by atoms with Crippen molar-refractivity contribution in [3.8, 4) is 0 Å². The van der Waals surface area contributed by atoms with Crippen LogP contribution in [-0.2, 0) is 32.5 Å². The van der Waals surface area contributed by atoms with E-state index in [0.717, 1.165) is 0 Å². The smallest absolute Gasteiger partial charge is 0.0340 e. The van der Waals surface area contributed by atoms with Crippen LogP contribution in [0.5, 0.6) is 0 Å². The van der Waals surface area contributed by atoms with Crippen molar-refractivity contribution in [2.24, 2.45) is 0 Å². The van der Waals surface area contributed by atoms with Crippen molar-refractivity contribution in [3.05, 3.63) is 105 Å². The third kappa shape index (κ3) is 8.44. The largest absolute Gasteiger partial charge is 0.0561 e. The number of hydrogen-bond donors (Lipinski definition) is 0. The molecule has 0 nitrogen and oxygen atoms in total. The van der Waals surface area contributed by atoms with Crippen LogP contribution in [0.2, 0.25) is 0 Å². The number of benzene rings is 3. The lowest BCUT2D eigenvalue weighted by Gasteiger charge is -2.32. The Morgan fingerprint density at radius 1 is 0.256 bits per heavy atom. The van der Waals surface area contributed by atoms with E-state index in [1.165, 1.54) is 50.1 Å². The maximum atomic E-state index is 2.51. The summed E-state index contributed by atoms with van der Waals surface area (Å²) in [5.74, 6) is 0.121. The zero-order chi connectivity index (χ0) is 33.1. The lowest BCUT2D eigenvalue weighted by molar-refractivity contribution is 0.562. The molecule has 0 unspecified atom stereocenters. The van der Waals surface area contributed by atoms with Crippen LogP contribution >= 0.6 is 0 Å². The summed E-state index contributed by atoms with van der Waals surface area (Å²) < 4.78 is 0. The van der Waals surface area contributed by atoms with Gasteiger partial charge in [0.2, 0.25) is 0 Å². The van der Waals surface area contributed by atoms with E-state index in [1.807, 2.05) is 0 Å². The zero-order valence-corrected chi connectivity index (χ0v) is 31.3. The molecular weight excluding hydrogens is 516 g/mol. The van der Waals surface area contributed by atoms with Crippen molar-refractivity contribution in [2.45, 2.75) is 163 Å². The molecule has 0 heteroatoms. The third-order valence-corrected chi connectivity index (χ3v) is 9.06. The number of hydrogen-bond acceptors (Lipinski definition) is 0. The average Bonchev–Trinajstić information content (AvgIpc) is 2.80. The summed E-state index contributed by atoms with van der Waals surface area (Å²) in [5, 5.41) is 0. The second-order valence-electron chi connectivity index (χ2n) is 19.5. The van der Waals surface area contributed by atoms with Crippen molar-refractivity contribution < 1.29 is 0 Å². The fourth-order valence-corrected chi connectivity index (χ4v) is 5.63. The van der Waals surface area contributed by atoms with Crippen LogP contribution in [0.4, 0.5) is 0 Å². The Morgan fingerprint density at radius 3 is 0.512 bits per heavy atom. The molecule has 0 saturated carbocycles. The van der Waals surface area contributed by atoms with Gasteiger partial charge in [-0.15, -0.1) is 0 Å².